The number of carbonyl (C=O) groups excluding carboxylic acids is 1. The van der Waals surface area contributed by atoms with Crippen molar-refractivity contribution in [3.05, 3.63) is 71.0 Å². The molecule has 1 saturated carbocycles. The zero-order chi connectivity index (χ0) is 16.4. The van der Waals surface area contributed by atoms with Gasteiger partial charge in [0, 0.05) is 12.1 Å². The molecule has 1 aliphatic carbocycles. The minimum absolute atomic E-state index is 0.190. The van der Waals surface area contributed by atoms with Gasteiger partial charge in [-0.1, -0.05) is 30.3 Å². The van der Waals surface area contributed by atoms with Crippen LogP contribution >= 0.6 is 0 Å². The summed E-state index contributed by atoms with van der Waals surface area (Å²) in [6, 6.07) is 12.7. The van der Waals surface area contributed by atoms with Crippen LogP contribution in [0, 0.1) is 5.82 Å². The summed E-state index contributed by atoms with van der Waals surface area (Å²) in [4.78, 5) is 23.3. The maximum atomic E-state index is 13.9. The van der Waals surface area contributed by atoms with E-state index in [0.29, 0.717) is 18.4 Å². The van der Waals surface area contributed by atoms with Crippen LogP contribution in [0.2, 0.25) is 0 Å². The van der Waals surface area contributed by atoms with Crippen molar-refractivity contribution in [2.75, 3.05) is 0 Å². The van der Waals surface area contributed by atoms with E-state index in [1.54, 1.807) is 30.3 Å². The minimum Gasteiger partial charge on any atom is -0.478 e. The Kier molecular flexibility index (Phi) is 3.86. The molecular weight excluding hydrogens is 297 g/mol. The summed E-state index contributed by atoms with van der Waals surface area (Å²) in [6.45, 7) is 0.287. The monoisotopic (exact) mass is 313 g/mol. The topological polar surface area (TPSA) is 66.4 Å². The number of carboxylic acids is 1. The normalized spacial score (nSPS) is 15.0. The first-order valence-corrected chi connectivity index (χ1v) is 7.38. The Bertz CT molecular complexity index is 751. The first-order valence-electron chi connectivity index (χ1n) is 7.38. The van der Waals surface area contributed by atoms with Crippen molar-refractivity contribution in [3.8, 4) is 0 Å². The molecule has 2 aromatic rings. The molecule has 2 N–H and O–H groups in total. The van der Waals surface area contributed by atoms with Gasteiger partial charge in [0.15, 0.2) is 0 Å². The second-order valence-corrected chi connectivity index (χ2v) is 5.75. The molecule has 118 valence electrons. The zero-order valence-electron chi connectivity index (χ0n) is 12.4. The molecule has 0 radical (unpaired) electrons. The Morgan fingerprint density at radius 2 is 1.74 bits per heavy atom. The van der Waals surface area contributed by atoms with E-state index in [-0.39, 0.29) is 23.8 Å². The van der Waals surface area contributed by atoms with Gasteiger partial charge in [-0.25, -0.2) is 9.18 Å². The van der Waals surface area contributed by atoms with E-state index < -0.39 is 11.4 Å². The van der Waals surface area contributed by atoms with E-state index in [2.05, 4.69) is 5.32 Å². The summed E-state index contributed by atoms with van der Waals surface area (Å²) < 4.78 is 13.9. The van der Waals surface area contributed by atoms with Gasteiger partial charge in [0.25, 0.3) is 0 Å². The third kappa shape index (κ3) is 2.95. The van der Waals surface area contributed by atoms with E-state index in [1.165, 1.54) is 18.2 Å². The molecule has 5 heteroatoms. The lowest BCUT2D eigenvalue weighted by Gasteiger charge is -2.16. The Balaban J connectivity index is 1.68. The van der Waals surface area contributed by atoms with Gasteiger partial charge in [-0.05, 0) is 36.6 Å². The fraction of sp³-hybridized carbons (Fsp3) is 0.222. The summed E-state index contributed by atoms with van der Waals surface area (Å²) in [7, 11) is 0. The molecule has 0 saturated heterocycles. The predicted molar refractivity (Wildman–Crippen MR) is 82.6 cm³/mol. The lowest BCUT2D eigenvalue weighted by molar-refractivity contribution is -0.123. The van der Waals surface area contributed by atoms with Crippen molar-refractivity contribution in [1.29, 1.82) is 0 Å². The fourth-order valence-corrected chi connectivity index (χ4v) is 2.71. The van der Waals surface area contributed by atoms with Crippen molar-refractivity contribution >= 4 is 11.9 Å². The molecule has 0 aromatic heterocycles. The first-order chi connectivity index (χ1) is 11.0. The van der Waals surface area contributed by atoms with Crippen molar-refractivity contribution in [2.24, 2.45) is 0 Å². The van der Waals surface area contributed by atoms with Crippen molar-refractivity contribution in [1.82, 2.24) is 5.32 Å². The maximum absolute atomic E-state index is 13.9. The van der Waals surface area contributed by atoms with E-state index in [0.717, 1.165) is 5.56 Å². The van der Waals surface area contributed by atoms with E-state index in [1.807, 2.05) is 0 Å². The highest BCUT2D eigenvalue weighted by Crippen LogP contribution is 2.49. The van der Waals surface area contributed by atoms with Crippen LogP contribution < -0.4 is 5.32 Å². The summed E-state index contributed by atoms with van der Waals surface area (Å²) in [5, 5.41) is 11.7. The number of hydrogen-bond acceptors (Lipinski definition) is 2. The number of rotatable bonds is 5. The molecule has 4 nitrogen and oxygen atoms in total. The fourth-order valence-electron chi connectivity index (χ4n) is 2.71. The molecule has 23 heavy (non-hydrogen) atoms. The maximum Gasteiger partial charge on any atom is 0.335 e. The summed E-state index contributed by atoms with van der Waals surface area (Å²) >= 11 is 0. The number of hydrogen-bond donors (Lipinski definition) is 2. The molecule has 1 amide bonds. The van der Waals surface area contributed by atoms with E-state index >= 15 is 0 Å². The van der Waals surface area contributed by atoms with Crippen LogP contribution in [-0.2, 0) is 16.8 Å². The largest absolute Gasteiger partial charge is 0.478 e. The number of benzene rings is 2. The number of carboxylic acid groups (broad SMARTS) is 1. The zero-order valence-corrected chi connectivity index (χ0v) is 12.4. The lowest BCUT2D eigenvalue weighted by atomic mass is 9.94. The second-order valence-electron chi connectivity index (χ2n) is 5.75. The highest BCUT2D eigenvalue weighted by Gasteiger charge is 2.52. The van der Waals surface area contributed by atoms with Gasteiger partial charge in [0.2, 0.25) is 5.91 Å². The van der Waals surface area contributed by atoms with E-state index in [9.17, 15) is 14.0 Å². The number of carbonyl (C=O) groups is 2. The van der Waals surface area contributed by atoms with Gasteiger partial charge in [-0.3, -0.25) is 4.79 Å². The average Bonchev–Trinajstić information content (AvgIpc) is 3.35. The average molecular weight is 313 g/mol. The van der Waals surface area contributed by atoms with Crippen molar-refractivity contribution in [3.63, 3.8) is 0 Å². The van der Waals surface area contributed by atoms with Crippen molar-refractivity contribution < 1.29 is 19.1 Å². The smallest absolute Gasteiger partial charge is 0.335 e. The van der Waals surface area contributed by atoms with Gasteiger partial charge >= 0.3 is 5.97 Å². The second kappa shape index (κ2) is 5.83. The van der Waals surface area contributed by atoms with Crippen LogP contribution in [0.1, 0.15) is 34.3 Å². The highest BCUT2D eigenvalue weighted by molar-refractivity contribution is 5.91. The Morgan fingerprint density at radius 3 is 2.30 bits per heavy atom. The number of aromatic carboxylic acids is 1. The Labute approximate surface area is 133 Å². The number of halogens is 1. The SMILES string of the molecule is O=C(O)c1ccc(CNC(=O)C2(c3ccccc3F)CC2)cc1. The van der Waals surface area contributed by atoms with Crippen LogP contribution in [0.3, 0.4) is 0 Å². The molecule has 0 unspecified atom stereocenters. The van der Waals surface area contributed by atoms with Crippen LogP contribution in [0.5, 0.6) is 0 Å². The molecule has 1 aliphatic rings. The molecule has 1 fully saturated rings. The quantitative estimate of drug-likeness (QED) is 0.892. The molecule has 0 aliphatic heterocycles. The molecule has 0 bridgehead atoms. The number of amides is 1. The molecule has 3 rings (SSSR count). The van der Waals surface area contributed by atoms with Crippen LogP contribution in [0.25, 0.3) is 0 Å². The van der Waals surface area contributed by atoms with Crippen molar-refractivity contribution in [2.45, 2.75) is 24.8 Å². The van der Waals surface area contributed by atoms with Gasteiger partial charge in [-0.2, -0.15) is 0 Å². The van der Waals surface area contributed by atoms with Gasteiger partial charge in [0.1, 0.15) is 5.82 Å². The summed E-state index contributed by atoms with van der Waals surface area (Å²) in [6.07, 6.45) is 1.27. The lowest BCUT2D eigenvalue weighted by Crippen LogP contribution is -2.34. The van der Waals surface area contributed by atoms with Crippen LogP contribution in [-0.4, -0.2) is 17.0 Å². The third-order valence-corrected chi connectivity index (χ3v) is 4.23. The van der Waals surface area contributed by atoms with Gasteiger partial charge < -0.3 is 10.4 Å². The van der Waals surface area contributed by atoms with E-state index in [4.69, 9.17) is 5.11 Å². The molecule has 0 spiro atoms. The van der Waals surface area contributed by atoms with Gasteiger partial charge in [-0.15, -0.1) is 0 Å². The summed E-state index contributed by atoms with van der Waals surface area (Å²) in [5.74, 6) is -1.53. The molecule has 2 aromatic carbocycles. The molecule has 0 heterocycles. The highest BCUT2D eigenvalue weighted by atomic mass is 19.1. The Hall–Kier alpha value is -2.69. The molecular formula is C18H16FNO3. The van der Waals surface area contributed by atoms with Gasteiger partial charge in [0.05, 0.1) is 11.0 Å². The van der Waals surface area contributed by atoms with Crippen LogP contribution in [0.15, 0.2) is 48.5 Å². The number of nitrogens with one attached hydrogen (secondary N) is 1. The predicted octanol–water partition coefficient (Wildman–Crippen LogP) is 2.87. The summed E-state index contributed by atoms with van der Waals surface area (Å²) in [5.41, 5.74) is 0.684. The Morgan fingerprint density at radius 1 is 1.09 bits per heavy atom. The standard InChI is InChI=1S/C18H16FNO3/c19-15-4-2-1-3-14(15)18(9-10-18)17(23)20-11-12-5-7-13(8-6-12)16(21)22/h1-8H,9-11H2,(H,20,23)(H,21,22). The molecule has 0 atom stereocenters. The van der Waals surface area contributed by atoms with Crippen LogP contribution in [0.4, 0.5) is 4.39 Å². The third-order valence-electron chi connectivity index (χ3n) is 4.23. The minimum atomic E-state index is -0.989. The first kappa shape index (κ1) is 15.2.